The molecule has 0 amide bonds. The Hall–Kier alpha value is -1.70. The van der Waals surface area contributed by atoms with E-state index in [1.54, 1.807) is 0 Å². The Morgan fingerprint density at radius 2 is 1.77 bits per heavy atom. The van der Waals surface area contributed by atoms with Crippen LogP contribution in [0.4, 0.5) is 32.6 Å². The minimum absolute atomic E-state index is 0.00496. The summed E-state index contributed by atoms with van der Waals surface area (Å²) in [7, 11) is -10.3. The van der Waals surface area contributed by atoms with Gasteiger partial charge in [0, 0.05) is 31.1 Å². The summed E-state index contributed by atoms with van der Waals surface area (Å²) in [6.45, 7) is 0.583. The van der Waals surface area contributed by atoms with E-state index < -0.39 is 49.6 Å². The summed E-state index contributed by atoms with van der Waals surface area (Å²) in [5.74, 6) is 0. The Morgan fingerprint density at radius 1 is 1.10 bits per heavy atom. The molecule has 30 heavy (non-hydrogen) atoms. The van der Waals surface area contributed by atoms with E-state index in [-0.39, 0.29) is 12.6 Å². The van der Waals surface area contributed by atoms with Crippen molar-refractivity contribution < 1.29 is 37.7 Å². The van der Waals surface area contributed by atoms with Crippen LogP contribution in [-0.2, 0) is 6.18 Å². The Bertz CT molecular complexity index is 945. The highest BCUT2D eigenvalue weighted by Gasteiger charge is 2.66. The second-order valence-electron chi connectivity index (χ2n) is 7.16. The number of benzene rings is 1. The van der Waals surface area contributed by atoms with Gasteiger partial charge >= 0.3 is 16.4 Å². The Balaban J connectivity index is 2.00. The van der Waals surface area contributed by atoms with E-state index in [9.17, 15) is 37.7 Å². The number of hydrogen-bond acceptors (Lipinski definition) is 4. The van der Waals surface area contributed by atoms with Crippen molar-refractivity contribution in [3.8, 4) is 0 Å². The molecule has 1 heterocycles. The molecule has 1 aromatic carbocycles. The topological polar surface area (TPSA) is 57.2 Å². The Kier molecular flexibility index (Phi) is 5.29. The number of hydrogen-bond donors (Lipinski definition) is 3. The number of nitrogens with zero attached hydrogens (tertiary/aromatic N) is 1. The average Bonchev–Trinajstić information content (AvgIpc) is 3.41. The van der Waals surface area contributed by atoms with Crippen LogP contribution in [0.2, 0.25) is 0 Å². The molecule has 0 spiro atoms. The molecule has 1 aliphatic carbocycles. The van der Waals surface area contributed by atoms with Gasteiger partial charge < -0.3 is 15.7 Å². The van der Waals surface area contributed by atoms with Gasteiger partial charge in [0.05, 0.1) is 11.6 Å². The van der Waals surface area contributed by atoms with Crippen molar-refractivity contribution in [3.63, 3.8) is 0 Å². The van der Waals surface area contributed by atoms with Crippen LogP contribution in [0, 0.1) is 0 Å². The molecule has 0 bridgehead atoms. The highest BCUT2D eigenvalue weighted by atomic mass is 32.5. The zero-order valence-electron chi connectivity index (χ0n) is 15.3. The summed E-state index contributed by atoms with van der Waals surface area (Å²) in [5, 5.41) is 15.6. The van der Waals surface area contributed by atoms with E-state index in [0.717, 1.165) is 18.9 Å². The SMILES string of the molecule is OC(CNCCNC1CC1)c1cc(C(F)(F)F)nc2c(S(F)(F)(F)(F)F)cccc12. The van der Waals surface area contributed by atoms with E-state index in [1.807, 2.05) is 0 Å². The molecule has 4 nitrogen and oxygen atoms in total. The van der Waals surface area contributed by atoms with Crippen molar-refractivity contribution >= 4 is 21.1 Å². The fraction of sp³-hybridized carbons (Fsp3) is 0.471. The third-order valence-electron chi connectivity index (χ3n) is 4.55. The van der Waals surface area contributed by atoms with E-state index in [4.69, 9.17) is 0 Å². The quantitative estimate of drug-likeness (QED) is 0.367. The molecule has 0 saturated heterocycles. The van der Waals surface area contributed by atoms with Crippen LogP contribution in [0.5, 0.6) is 0 Å². The summed E-state index contributed by atoms with van der Waals surface area (Å²) in [6.07, 6.45) is -4.79. The molecule has 0 aliphatic heterocycles. The number of halogens is 8. The fourth-order valence-electron chi connectivity index (χ4n) is 2.98. The molecular formula is C17H19F8N3OS. The van der Waals surface area contributed by atoms with Gasteiger partial charge in [-0.25, -0.2) is 4.98 Å². The monoisotopic (exact) mass is 465 g/mol. The zero-order chi connectivity index (χ0) is 22.4. The van der Waals surface area contributed by atoms with Crippen molar-refractivity contribution in [2.45, 2.75) is 36.1 Å². The van der Waals surface area contributed by atoms with Crippen LogP contribution in [0.15, 0.2) is 29.2 Å². The number of aliphatic hydroxyl groups excluding tert-OH is 1. The molecule has 1 fully saturated rings. The number of aliphatic hydroxyl groups is 1. The lowest BCUT2D eigenvalue weighted by Gasteiger charge is -2.41. The third kappa shape index (κ3) is 5.50. The molecule has 1 saturated carbocycles. The van der Waals surface area contributed by atoms with E-state index in [2.05, 4.69) is 15.6 Å². The van der Waals surface area contributed by atoms with Crippen LogP contribution >= 0.6 is 10.2 Å². The molecule has 1 atom stereocenters. The van der Waals surface area contributed by atoms with Crippen LogP contribution in [0.1, 0.15) is 30.2 Å². The molecule has 3 rings (SSSR count). The molecular weight excluding hydrogens is 446 g/mol. The fourth-order valence-corrected chi connectivity index (χ4v) is 3.84. The van der Waals surface area contributed by atoms with Crippen molar-refractivity contribution in [2.24, 2.45) is 0 Å². The van der Waals surface area contributed by atoms with Crippen molar-refractivity contribution in [1.29, 1.82) is 0 Å². The lowest BCUT2D eigenvalue weighted by molar-refractivity contribution is -0.141. The number of aromatic nitrogens is 1. The van der Waals surface area contributed by atoms with Gasteiger partial charge in [-0.15, -0.1) is 0 Å². The predicted molar refractivity (Wildman–Crippen MR) is 97.0 cm³/mol. The first kappa shape index (κ1) is 23.0. The Labute approximate surface area is 166 Å². The minimum Gasteiger partial charge on any atom is -0.387 e. The van der Waals surface area contributed by atoms with Crippen molar-refractivity contribution in [2.75, 3.05) is 19.6 Å². The lowest BCUT2D eigenvalue weighted by atomic mass is 10.0. The second kappa shape index (κ2) is 6.90. The van der Waals surface area contributed by atoms with Gasteiger partial charge in [-0.3, -0.25) is 0 Å². The highest BCUT2D eigenvalue weighted by molar-refractivity contribution is 8.46. The highest BCUT2D eigenvalue weighted by Crippen LogP contribution is 3.02. The van der Waals surface area contributed by atoms with Crippen LogP contribution < -0.4 is 10.6 Å². The number of rotatable bonds is 8. The zero-order valence-corrected chi connectivity index (χ0v) is 16.1. The summed E-state index contributed by atoms with van der Waals surface area (Å²) in [6, 6.07) is 2.36. The molecule has 13 heteroatoms. The first-order chi connectivity index (χ1) is 13.6. The number of alkyl halides is 3. The van der Waals surface area contributed by atoms with Crippen LogP contribution in [0.3, 0.4) is 0 Å². The Morgan fingerprint density at radius 3 is 2.33 bits per heavy atom. The third-order valence-corrected chi connectivity index (χ3v) is 5.71. The van der Waals surface area contributed by atoms with Crippen LogP contribution in [-0.4, -0.2) is 35.8 Å². The maximum Gasteiger partial charge on any atom is 0.433 e. The normalized spacial score (nSPS) is 18.8. The molecule has 1 aromatic heterocycles. The minimum atomic E-state index is -10.3. The lowest BCUT2D eigenvalue weighted by Crippen LogP contribution is -2.31. The van der Waals surface area contributed by atoms with Gasteiger partial charge in [-0.2, -0.15) is 13.2 Å². The predicted octanol–water partition coefficient (Wildman–Crippen LogP) is 5.29. The standard InChI is InChI=1S/C17H19F8N3OS/c18-17(19,20)15-8-12(13(29)9-26-6-7-27-10-4-5-10)11-2-1-3-14(16(11)28-15)30(21,22,23,24)25/h1-3,8,10,13,26-27,29H,4-7,9H2. The average molecular weight is 465 g/mol. The number of para-hydroxylation sites is 1. The van der Waals surface area contributed by atoms with Gasteiger partial charge in [0.1, 0.15) is 10.6 Å². The van der Waals surface area contributed by atoms with Gasteiger partial charge in [0.25, 0.3) is 0 Å². The molecule has 3 N–H and O–H groups in total. The summed E-state index contributed by atoms with van der Waals surface area (Å²) in [4.78, 5) is 0.326. The summed E-state index contributed by atoms with van der Waals surface area (Å²) < 4.78 is 107. The number of fused-ring (bicyclic) bond motifs is 1. The summed E-state index contributed by atoms with van der Waals surface area (Å²) >= 11 is 0. The van der Waals surface area contributed by atoms with Gasteiger partial charge in [0.2, 0.25) is 0 Å². The van der Waals surface area contributed by atoms with E-state index >= 15 is 0 Å². The van der Waals surface area contributed by atoms with E-state index in [0.29, 0.717) is 31.3 Å². The molecule has 1 unspecified atom stereocenters. The van der Waals surface area contributed by atoms with Gasteiger partial charge in [-0.05, 0) is 30.5 Å². The maximum absolute atomic E-state index is 13.4. The molecule has 1 aliphatic rings. The maximum atomic E-state index is 13.4. The van der Waals surface area contributed by atoms with Crippen molar-refractivity contribution in [3.05, 3.63) is 35.5 Å². The summed E-state index contributed by atoms with van der Waals surface area (Å²) in [5.41, 5.74) is -3.91. The molecule has 2 aromatic rings. The molecule has 170 valence electrons. The van der Waals surface area contributed by atoms with Crippen molar-refractivity contribution in [1.82, 2.24) is 15.6 Å². The first-order valence-corrected chi connectivity index (χ1v) is 10.9. The second-order valence-corrected chi connectivity index (χ2v) is 9.54. The van der Waals surface area contributed by atoms with Crippen LogP contribution in [0.25, 0.3) is 10.9 Å². The number of pyridine rings is 1. The van der Waals surface area contributed by atoms with Gasteiger partial charge in [-0.1, -0.05) is 31.6 Å². The number of nitrogens with one attached hydrogen (secondary N) is 2. The van der Waals surface area contributed by atoms with Gasteiger partial charge in [0.15, 0.2) is 0 Å². The largest absolute Gasteiger partial charge is 0.433 e. The smallest absolute Gasteiger partial charge is 0.387 e. The first-order valence-electron chi connectivity index (χ1n) is 8.93. The molecule has 0 radical (unpaired) electrons. The van der Waals surface area contributed by atoms with E-state index in [1.165, 1.54) is 0 Å².